The third-order valence-electron chi connectivity index (χ3n) is 3.93. The van der Waals surface area contributed by atoms with Crippen molar-refractivity contribution >= 4 is 5.91 Å². The second kappa shape index (κ2) is 8.86. The number of rotatable bonds is 7. The third kappa shape index (κ3) is 5.07. The predicted octanol–water partition coefficient (Wildman–Crippen LogP) is 2.74. The van der Waals surface area contributed by atoms with E-state index in [2.05, 4.69) is 12.2 Å². The number of amides is 1. The number of benzene rings is 2. The van der Waals surface area contributed by atoms with Crippen LogP contribution < -0.4 is 10.1 Å². The molecular formula is C20H22N2O3. The van der Waals surface area contributed by atoms with Crippen molar-refractivity contribution < 1.29 is 14.6 Å². The Bertz CT molecular complexity index is 750. The lowest BCUT2D eigenvalue weighted by Gasteiger charge is -2.20. The summed E-state index contributed by atoms with van der Waals surface area (Å²) >= 11 is 0. The zero-order valence-electron chi connectivity index (χ0n) is 14.4. The van der Waals surface area contributed by atoms with E-state index in [9.17, 15) is 9.90 Å². The average Bonchev–Trinajstić information content (AvgIpc) is 2.66. The van der Waals surface area contributed by atoms with Crippen LogP contribution in [0, 0.1) is 11.3 Å². The lowest BCUT2D eigenvalue weighted by molar-refractivity contribution is -0.128. The average molecular weight is 338 g/mol. The van der Waals surface area contributed by atoms with Crippen molar-refractivity contribution in [2.24, 2.45) is 0 Å². The number of carbonyl (C=O) groups is 1. The number of nitrogens with zero attached hydrogens (tertiary/aromatic N) is 1. The van der Waals surface area contributed by atoms with Gasteiger partial charge in [0.15, 0.2) is 6.10 Å². The Labute approximate surface area is 147 Å². The summed E-state index contributed by atoms with van der Waals surface area (Å²) < 4.78 is 5.59. The van der Waals surface area contributed by atoms with Crippen LogP contribution in [0.1, 0.15) is 36.6 Å². The van der Waals surface area contributed by atoms with Crippen LogP contribution in [0.15, 0.2) is 48.5 Å². The molecule has 0 spiro atoms. The summed E-state index contributed by atoms with van der Waals surface area (Å²) in [4.78, 5) is 12.4. The molecule has 0 aliphatic carbocycles. The zero-order chi connectivity index (χ0) is 18.2. The van der Waals surface area contributed by atoms with Crippen molar-refractivity contribution in [1.29, 1.82) is 5.26 Å². The topological polar surface area (TPSA) is 82.3 Å². The summed E-state index contributed by atoms with van der Waals surface area (Å²) in [5, 5.41) is 21.3. The fourth-order valence-corrected chi connectivity index (χ4v) is 2.41. The number of nitrogens with one attached hydrogen (secondary N) is 1. The first-order valence-electron chi connectivity index (χ1n) is 8.24. The maximum absolute atomic E-state index is 12.4. The Morgan fingerprint density at radius 1 is 1.28 bits per heavy atom. The molecule has 5 heteroatoms. The fourth-order valence-electron chi connectivity index (χ4n) is 2.41. The molecule has 2 unspecified atom stereocenters. The molecule has 2 N–H and O–H groups in total. The van der Waals surface area contributed by atoms with Gasteiger partial charge in [-0.25, -0.2) is 0 Å². The molecule has 2 aromatic rings. The van der Waals surface area contributed by atoms with Gasteiger partial charge in [0.2, 0.25) is 0 Å². The number of aliphatic hydroxyl groups is 1. The van der Waals surface area contributed by atoms with Crippen LogP contribution in [0.2, 0.25) is 0 Å². The van der Waals surface area contributed by atoms with E-state index in [1.807, 2.05) is 30.3 Å². The lowest BCUT2D eigenvalue weighted by atomic mass is 10.0. The van der Waals surface area contributed by atoms with E-state index in [1.54, 1.807) is 31.2 Å². The van der Waals surface area contributed by atoms with Crippen molar-refractivity contribution in [2.75, 3.05) is 6.61 Å². The summed E-state index contributed by atoms with van der Waals surface area (Å²) in [7, 11) is 0. The Kier molecular flexibility index (Phi) is 6.55. The molecule has 0 radical (unpaired) electrons. The Hall–Kier alpha value is -2.84. The molecule has 0 saturated heterocycles. The number of hydrogen-bond donors (Lipinski definition) is 2. The third-order valence-corrected chi connectivity index (χ3v) is 3.93. The van der Waals surface area contributed by atoms with Crippen molar-refractivity contribution in [2.45, 2.75) is 32.4 Å². The van der Waals surface area contributed by atoms with Crippen LogP contribution in [0.3, 0.4) is 0 Å². The van der Waals surface area contributed by atoms with Gasteiger partial charge >= 0.3 is 0 Å². The number of hydrogen-bond acceptors (Lipinski definition) is 4. The van der Waals surface area contributed by atoms with Gasteiger partial charge in [0.05, 0.1) is 24.3 Å². The minimum absolute atomic E-state index is 0.201. The predicted molar refractivity (Wildman–Crippen MR) is 95.0 cm³/mol. The monoisotopic (exact) mass is 338 g/mol. The second-order valence-corrected chi connectivity index (χ2v) is 5.74. The van der Waals surface area contributed by atoms with E-state index in [1.165, 1.54) is 5.56 Å². The number of ether oxygens (including phenoxy) is 1. The summed E-state index contributed by atoms with van der Waals surface area (Å²) in [5.74, 6) is 0.121. The van der Waals surface area contributed by atoms with Gasteiger partial charge in [-0.3, -0.25) is 4.79 Å². The second-order valence-electron chi connectivity index (χ2n) is 5.74. The highest BCUT2D eigenvalue weighted by Gasteiger charge is 2.20. The molecule has 2 atom stereocenters. The molecule has 0 fully saturated rings. The summed E-state index contributed by atoms with van der Waals surface area (Å²) in [6.45, 7) is 3.50. The van der Waals surface area contributed by atoms with Gasteiger partial charge in [-0.2, -0.15) is 5.26 Å². The number of aryl methyl sites for hydroxylation is 1. The molecule has 0 heterocycles. The highest BCUT2D eigenvalue weighted by molar-refractivity contribution is 5.81. The first-order valence-corrected chi connectivity index (χ1v) is 8.24. The number of aliphatic hydroxyl groups excluding tert-OH is 1. The van der Waals surface area contributed by atoms with Gasteiger partial charge in [-0.1, -0.05) is 37.3 Å². The van der Waals surface area contributed by atoms with Crippen LogP contribution in [-0.2, 0) is 11.2 Å². The molecule has 0 aliphatic heterocycles. The molecule has 2 aromatic carbocycles. The van der Waals surface area contributed by atoms with Crippen LogP contribution in [-0.4, -0.2) is 23.7 Å². The quantitative estimate of drug-likeness (QED) is 0.813. The minimum Gasteiger partial charge on any atom is -0.481 e. The normalized spacial score (nSPS) is 12.7. The minimum atomic E-state index is -0.752. The van der Waals surface area contributed by atoms with Crippen molar-refractivity contribution in [3.63, 3.8) is 0 Å². The molecule has 2 rings (SSSR count). The van der Waals surface area contributed by atoms with Gasteiger partial charge in [0.1, 0.15) is 5.75 Å². The number of nitriles is 1. The largest absolute Gasteiger partial charge is 0.481 e. The van der Waals surface area contributed by atoms with Crippen LogP contribution in [0.25, 0.3) is 0 Å². The highest BCUT2D eigenvalue weighted by atomic mass is 16.5. The molecular weight excluding hydrogens is 316 g/mol. The van der Waals surface area contributed by atoms with Gasteiger partial charge in [-0.05, 0) is 42.7 Å². The van der Waals surface area contributed by atoms with Crippen molar-refractivity contribution in [1.82, 2.24) is 5.32 Å². The van der Waals surface area contributed by atoms with Crippen LogP contribution >= 0.6 is 0 Å². The van der Waals surface area contributed by atoms with Gasteiger partial charge in [0, 0.05) is 0 Å². The zero-order valence-corrected chi connectivity index (χ0v) is 14.4. The van der Waals surface area contributed by atoms with E-state index in [0.717, 1.165) is 12.0 Å². The molecule has 0 aliphatic rings. The van der Waals surface area contributed by atoms with Crippen molar-refractivity contribution in [3.8, 4) is 11.8 Å². The summed E-state index contributed by atoms with van der Waals surface area (Å²) in [6.07, 6.45) is 0.182. The summed E-state index contributed by atoms with van der Waals surface area (Å²) in [5.41, 5.74) is 2.50. The van der Waals surface area contributed by atoms with Crippen LogP contribution in [0.5, 0.6) is 5.75 Å². The standard InChI is InChI=1S/C20H22N2O3/c1-3-15-7-9-17(10-8-15)19(13-23)22-20(24)14(2)25-18-6-4-5-16(11-18)12-21/h4-11,14,19,23H,3,13H2,1-2H3,(H,22,24). The number of carbonyl (C=O) groups excluding carboxylic acids is 1. The van der Waals surface area contributed by atoms with Crippen LogP contribution in [0.4, 0.5) is 0 Å². The van der Waals surface area contributed by atoms with Crippen molar-refractivity contribution in [3.05, 3.63) is 65.2 Å². The van der Waals surface area contributed by atoms with E-state index in [-0.39, 0.29) is 12.5 Å². The lowest BCUT2D eigenvalue weighted by Crippen LogP contribution is -2.39. The Balaban J connectivity index is 2.01. The Morgan fingerprint density at radius 3 is 2.60 bits per heavy atom. The van der Waals surface area contributed by atoms with E-state index < -0.39 is 12.1 Å². The van der Waals surface area contributed by atoms with Gasteiger partial charge in [0.25, 0.3) is 5.91 Å². The molecule has 25 heavy (non-hydrogen) atoms. The molecule has 1 amide bonds. The first kappa shape index (κ1) is 18.5. The highest BCUT2D eigenvalue weighted by Crippen LogP contribution is 2.17. The van der Waals surface area contributed by atoms with E-state index in [4.69, 9.17) is 10.00 Å². The summed E-state index contributed by atoms with van der Waals surface area (Å²) in [6, 6.07) is 16.0. The van der Waals surface area contributed by atoms with Gasteiger partial charge in [-0.15, -0.1) is 0 Å². The van der Waals surface area contributed by atoms with Gasteiger partial charge < -0.3 is 15.2 Å². The smallest absolute Gasteiger partial charge is 0.261 e. The SMILES string of the molecule is CCc1ccc(C(CO)NC(=O)C(C)Oc2cccc(C#N)c2)cc1. The first-order chi connectivity index (χ1) is 12.1. The molecule has 0 aromatic heterocycles. The maximum atomic E-state index is 12.4. The van der Waals surface area contributed by atoms with E-state index >= 15 is 0 Å². The fraction of sp³-hybridized carbons (Fsp3) is 0.300. The molecule has 0 bridgehead atoms. The van der Waals surface area contributed by atoms with E-state index in [0.29, 0.717) is 11.3 Å². The Morgan fingerprint density at radius 2 is 2.00 bits per heavy atom. The molecule has 130 valence electrons. The molecule has 0 saturated carbocycles. The molecule has 5 nitrogen and oxygen atoms in total. The maximum Gasteiger partial charge on any atom is 0.261 e.